The molecular formula is C26H26N4O6. The lowest BCUT2D eigenvalue weighted by Crippen LogP contribution is -2.21. The van der Waals surface area contributed by atoms with E-state index in [-0.39, 0.29) is 0 Å². The van der Waals surface area contributed by atoms with E-state index in [2.05, 4.69) is 21.3 Å². The third-order valence-electron chi connectivity index (χ3n) is 5.46. The summed E-state index contributed by atoms with van der Waals surface area (Å²) in [6.07, 6.45) is -0.842. The maximum Gasteiger partial charge on any atom is 0.323 e. The van der Waals surface area contributed by atoms with E-state index < -0.39 is 24.6 Å². The largest absolute Gasteiger partial charge is 0.346 e. The number of benzene rings is 3. The van der Waals surface area contributed by atoms with Gasteiger partial charge in [-0.25, -0.2) is 9.59 Å². The molecule has 0 atom stereocenters. The van der Waals surface area contributed by atoms with Crippen LogP contribution in [0.5, 0.6) is 0 Å². The Bertz CT molecular complexity index is 1130. The molecule has 0 bridgehead atoms. The Labute approximate surface area is 207 Å². The summed E-state index contributed by atoms with van der Waals surface area (Å²) in [6, 6.07) is 20.6. The predicted octanol–water partition coefficient (Wildman–Crippen LogP) is 5.07. The van der Waals surface area contributed by atoms with Crippen molar-refractivity contribution < 1.29 is 28.5 Å². The van der Waals surface area contributed by atoms with Crippen LogP contribution in [-0.4, -0.2) is 38.5 Å². The van der Waals surface area contributed by atoms with Gasteiger partial charge in [0, 0.05) is 33.9 Å². The van der Waals surface area contributed by atoms with E-state index in [1.165, 1.54) is 0 Å². The highest BCUT2D eigenvalue weighted by molar-refractivity contribution is 6.02. The first-order valence-corrected chi connectivity index (χ1v) is 11.5. The number of carbonyl (C=O) groups is 2. The van der Waals surface area contributed by atoms with E-state index in [1.807, 2.05) is 24.3 Å². The third kappa shape index (κ3) is 6.18. The average Bonchev–Trinajstić information content (AvgIpc) is 3.59. The van der Waals surface area contributed by atoms with E-state index in [0.29, 0.717) is 49.2 Å². The average molecular weight is 491 g/mol. The summed E-state index contributed by atoms with van der Waals surface area (Å²) in [7, 11) is 0. The maximum absolute atomic E-state index is 12.5. The molecule has 2 aliphatic heterocycles. The number of hydrogen-bond acceptors (Lipinski definition) is 6. The Morgan fingerprint density at radius 2 is 0.861 bits per heavy atom. The molecule has 4 N–H and O–H groups in total. The Morgan fingerprint density at radius 3 is 1.25 bits per heavy atom. The van der Waals surface area contributed by atoms with Crippen molar-refractivity contribution in [1.82, 2.24) is 0 Å². The van der Waals surface area contributed by atoms with Crippen molar-refractivity contribution in [1.29, 1.82) is 0 Å². The van der Waals surface area contributed by atoms with Crippen molar-refractivity contribution >= 4 is 34.8 Å². The van der Waals surface area contributed by atoms with Gasteiger partial charge >= 0.3 is 12.1 Å². The SMILES string of the molecule is O=C(Nc1cccc(NC(=O)Nc2cccc(C3OCCO3)c2)c1)Nc1cccc(C2OCCO2)c1. The van der Waals surface area contributed by atoms with E-state index in [1.54, 1.807) is 48.5 Å². The van der Waals surface area contributed by atoms with Gasteiger partial charge in [0.05, 0.1) is 26.4 Å². The summed E-state index contributed by atoms with van der Waals surface area (Å²) >= 11 is 0. The zero-order valence-electron chi connectivity index (χ0n) is 19.4. The van der Waals surface area contributed by atoms with Gasteiger partial charge in [-0.1, -0.05) is 30.3 Å². The Morgan fingerprint density at radius 1 is 0.528 bits per heavy atom. The van der Waals surface area contributed by atoms with Crippen LogP contribution in [0.4, 0.5) is 32.3 Å². The van der Waals surface area contributed by atoms with E-state index in [9.17, 15) is 9.59 Å². The summed E-state index contributed by atoms with van der Waals surface area (Å²) < 4.78 is 22.0. The molecule has 3 aromatic carbocycles. The van der Waals surface area contributed by atoms with Gasteiger partial charge in [0.15, 0.2) is 12.6 Å². The number of amides is 4. The van der Waals surface area contributed by atoms with Crippen LogP contribution < -0.4 is 21.3 Å². The minimum Gasteiger partial charge on any atom is -0.346 e. The normalized spacial score (nSPS) is 16.0. The molecule has 0 spiro atoms. The minimum absolute atomic E-state index is 0.421. The van der Waals surface area contributed by atoms with Crippen LogP contribution in [0.3, 0.4) is 0 Å². The second-order valence-corrected chi connectivity index (χ2v) is 8.14. The fourth-order valence-corrected chi connectivity index (χ4v) is 3.89. The van der Waals surface area contributed by atoms with Crippen LogP contribution in [0.15, 0.2) is 72.8 Å². The first-order valence-electron chi connectivity index (χ1n) is 11.5. The van der Waals surface area contributed by atoms with Gasteiger partial charge in [-0.15, -0.1) is 0 Å². The highest BCUT2D eigenvalue weighted by Gasteiger charge is 2.19. The molecule has 0 aliphatic carbocycles. The zero-order chi connectivity index (χ0) is 24.7. The number of hydrogen-bond donors (Lipinski definition) is 4. The monoisotopic (exact) mass is 490 g/mol. The van der Waals surface area contributed by atoms with Crippen molar-refractivity contribution in [3.63, 3.8) is 0 Å². The molecule has 5 rings (SSSR count). The molecule has 0 unspecified atom stereocenters. The lowest BCUT2D eigenvalue weighted by molar-refractivity contribution is -0.0442. The Balaban J connectivity index is 1.16. The molecule has 4 amide bonds. The minimum atomic E-state index is -0.421. The number of ether oxygens (including phenoxy) is 4. The van der Waals surface area contributed by atoms with Crippen LogP contribution in [0.2, 0.25) is 0 Å². The van der Waals surface area contributed by atoms with Crippen molar-refractivity contribution in [2.24, 2.45) is 0 Å². The molecule has 36 heavy (non-hydrogen) atoms. The molecule has 2 fully saturated rings. The number of rotatable bonds is 6. The molecule has 0 saturated carbocycles. The third-order valence-corrected chi connectivity index (χ3v) is 5.46. The first kappa shape index (κ1) is 23.8. The number of carbonyl (C=O) groups excluding carboxylic acids is 2. The summed E-state index contributed by atoms with van der Waals surface area (Å²) in [5.41, 5.74) is 3.90. The highest BCUT2D eigenvalue weighted by atomic mass is 16.7. The predicted molar refractivity (Wildman–Crippen MR) is 134 cm³/mol. The fourth-order valence-electron chi connectivity index (χ4n) is 3.89. The number of nitrogens with one attached hydrogen (secondary N) is 4. The summed E-state index contributed by atoms with van der Waals surface area (Å²) in [4.78, 5) is 25.1. The standard InChI is InChI=1S/C26H26N4O6/c31-25(27-19-6-1-4-17(14-19)23-33-10-11-34-23)29-21-8-3-9-22(16-21)30-26(32)28-20-7-2-5-18(15-20)24-35-12-13-36-24/h1-9,14-16,23-24H,10-13H2,(H2,27,29,31)(H2,28,30,32). The van der Waals surface area contributed by atoms with Gasteiger partial charge in [-0.3, -0.25) is 0 Å². The topological polar surface area (TPSA) is 119 Å². The van der Waals surface area contributed by atoms with Gasteiger partial charge in [0.2, 0.25) is 0 Å². The zero-order valence-corrected chi connectivity index (χ0v) is 19.4. The fraction of sp³-hybridized carbons (Fsp3) is 0.231. The van der Waals surface area contributed by atoms with Crippen molar-refractivity contribution in [3.8, 4) is 0 Å². The molecule has 2 aliphatic rings. The lowest BCUT2D eigenvalue weighted by Gasteiger charge is -2.13. The van der Waals surface area contributed by atoms with Gasteiger partial charge in [0.25, 0.3) is 0 Å². The number of anilines is 4. The van der Waals surface area contributed by atoms with Crippen LogP contribution >= 0.6 is 0 Å². The van der Waals surface area contributed by atoms with Crippen LogP contribution in [-0.2, 0) is 18.9 Å². The molecule has 186 valence electrons. The maximum atomic E-state index is 12.5. The molecule has 3 aromatic rings. The second kappa shape index (κ2) is 11.2. The lowest BCUT2D eigenvalue weighted by atomic mass is 10.2. The van der Waals surface area contributed by atoms with Crippen LogP contribution in [0.1, 0.15) is 23.7 Å². The Hall–Kier alpha value is -3.96. The van der Waals surface area contributed by atoms with Crippen molar-refractivity contribution in [3.05, 3.63) is 83.9 Å². The Kier molecular flexibility index (Phi) is 7.39. The summed E-state index contributed by atoms with van der Waals surface area (Å²) in [5.74, 6) is 0. The molecule has 0 radical (unpaired) electrons. The van der Waals surface area contributed by atoms with Gasteiger partial charge in [-0.2, -0.15) is 0 Å². The van der Waals surface area contributed by atoms with Crippen molar-refractivity contribution in [2.75, 3.05) is 47.7 Å². The van der Waals surface area contributed by atoms with Gasteiger partial charge in [0.1, 0.15) is 0 Å². The first-order chi connectivity index (χ1) is 17.6. The molecular weight excluding hydrogens is 464 g/mol. The molecule has 10 nitrogen and oxygen atoms in total. The van der Waals surface area contributed by atoms with E-state index in [4.69, 9.17) is 18.9 Å². The smallest absolute Gasteiger partial charge is 0.323 e. The van der Waals surface area contributed by atoms with Crippen LogP contribution in [0, 0.1) is 0 Å². The van der Waals surface area contributed by atoms with E-state index in [0.717, 1.165) is 11.1 Å². The molecule has 0 aromatic heterocycles. The second-order valence-electron chi connectivity index (χ2n) is 8.14. The number of urea groups is 2. The van der Waals surface area contributed by atoms with Gasteiger partial charge < -0.3 is 40.2 Å². The summed E-state index contributed by atoms with van der Waals surface area (Å²) in [5, 5.41) is 11.1. The molecule has 2 saturated heterocycles. The van der Waals surface area contributed by atoms with Crippen LogP contribution in [0.25, 0.3) is 0 Å². The summed E-state index contributed by atoms with van der Waals surface area (Å²) in [6.45, 7) is 2.17. The van der Waals surface area contributed by atoms with E-state index >= 15 is 0 Å². The van der Waals surface area contributed by atoms with Gasteiger partial charge in [-0.05, 0) is 42.5 Å². The molecule has 2 heterocycles. The quantitative estimate of drug-likeness (QED) is 0.383. The van der Waals surface area contributed by atoms with Crippen molar-refractivity contribution in [2.45, 2.75) is 12.6 Å². The highest BCUT2D eigenvalue weighted by Crippen LogP contribution is 2.26. The molecule has 10 heteroatoms.